The highest BCUT2D eigenvalue weighted by atomic mass is 32.1. The molecule has 4 nitrogen and oxygen atoms in total. The Morgan fingerprint density at radius 3 is 2.60 bits per heavy atom. The van der Waals surface area contributed by atoms with E-state index in [1.54, 1.807) is 35.6 Å². The molecule has 0 bridgehead atoms. The Morgan fingerprint density at radius 2 is 1.92 bits per heavy atom. The summed E-state index contributed by atoms with van der Waals surface area (Å²) < 4.78 is 0. The third kappa shape index (κ3) is 4.31. The van der Waals surface area contributed by atoms with Crippen LogP contribution < -0.4 is 5.32 Å². The molecule has 0 aliphatic carbocycles. The lowest BCUT2D eigenvalue weighted by Gasteiger charge is -2.11. The molecule has 1 atom stereocenters. The molecule has 0 fully saturated rings. The highest BCUT2D eigenvalue weighted by molar-refractivity contribution is 7.10. The minimum Gasteiger partial charge on any atom is -0.347 e. The lowest BCUT2D eigenvalue weighted by atomic mass is 10.1. The second kappa shape index (κ2) is 7.73. The number of hydrogen-bond donors (Lipinski definition) is 1. The molecule has 0 unspecified atom stereocenters. The average molecular weight is 347 g/mol. The molecule has 0 aliphatic rings. The van der Waals surface area contributed by atoms with E-state index in [2.05, 4.69) is 16.4 Å². The summed E-state index contributed by atoms with van der Waals surface area (Å²) in [5.41, 5.74) is 3.47. The molecule has 5 heteroatoms. The van der Waals surface area contributed by atoms with Gasteiger partial charge in [0.15, 0.2) is 0 Å². The summed E-state index contributed by atoms with van der Waals surface area (Å²) in [6.45, 7) is 1.93. The monoisotopic (exact) mass is 347 g/mol. The van der Waals surface area contributed by atoms with Crippen molar-refractivity contribution in [3.8, 4) is 17.3 Å². The molecule has 0 radical (unpaired) electrons. The van der Waals surface area contributed by atoms with E-state index >= 15 is 0 Å². The van der Waals surface area contributed by atoms with Crippen molar-refractivity contribution < 1.29 is 4.79 Å². The van der Waals surface area contributed by atoms with Gasteiger partial charge >= 0.3 is 0 Å². The Bertz CT molecular complexity index is 895. The van der Waals surface area contributed by atoms with Gasteiger partial charge in [-0.15, -0.1) is 11.3 Å². The summed E-state index contributed by atoms with van der Waals surface area (Å²) in [6, 6.07) is 19.0. The third-order valence-electron chi connectivity index (χ3n) is 3.79. The smallest absolute Gasteiger partial charge is 0.224 e. The topological polar surface area (TPSA) is 65.8 Å². The third-order valence-corrected chi connectivity index (χ3v) is 4.81. The van der Waals surface area contributed by atoms with Gasteiger partial charge in [0.05, 0.1) is 29.8 Å². The van der Waals surface area contributed by atoms with Gasteiger partial charge in [0.25, 0.3) is 0 Å². The highest BCUT2D eigenvalue weighted by Crippen LogP contribution is 2.25. The van der Waals surface area contributed by atoms with E-state index in [-0.39, 0.29) is 18.4 Å². The van der Waals surface area contributed by atoms with Gasteiger partial charge in [-0.3, -0.25) is 4.79 Å². The molecule has 3 aromatic rings. The summed E-state index contributed by atoms with van der Waals surface area (Å²) in [5.74, 6) is -0.0614. The fourth-order valence-electron chi connectivity index (χ4n) is 2.46. The predicted octanol–water partition coefficient (Wildman–Crippen LogP) is 4.10. The second-order valence-electron chi connectivity index (χ2n) is 5.71. The molecule has 3 rings (SSSR count). The molecule has 1 heterocycles. The average Bonchev–Trinajstić information content (AvgIpc) is 3.13. The molecule has 1 aromatic heterocycles. The van der Waals surface area contributed by atoms with Crippen LogP contribution in [0.4, 0.5) is 0 Å². The molecule has 0 aliphatic heterocycles. The normalized spacial score (nSPS) is 11.5. The van der Waals surface area contributed by atoms with Crippen LogP contribution in [0.15, 0.2) is 60.0 Å². The molecule has 1 N–H and O–H groups in total. The van der Waals surface area contributed by atoms with Crippen molar-refractivity contribution in [2.24, 2.45) is 0 Å². The van der Waals surface area contributed by atoms with Crippen LogP contribution in [0.5, 0.6) is 0 Å². The van der Waals surface area contributed by atoms with Crippen LogP contribution in [-0.2, 0) is 11.2 Å². The largest absolute Gasteiger partial charge is 0.347 e. The molecule has 0 spiro atoms. The predicted molar refractivity (Wildman–Crippen MR) is 99.0 cm³/mol. The number of nitrogens with zero attached hydrogens (tertiary/aromatic N) is 2. The van der Waals surface area contributed by atoms with Crippen LogP contribution in [0, 0.1) is 11.3 Å². The van der Waals surface area contributed by atoms with Gasteiger partial charge in [0.2, 0.25) is 5.91 Å². The number of nitriles is 1. The van der Waals surface area contributed by atoms with Crippen molar-refractivity contribution in [3.63, 3.8) is 0 Å². The van der Waals surface area contributed by atoms with Crippen LogP contribution in [0.25, 0.3) is 11.3 Å². The van der Waals surface area contributed by atoms with Crippen LogP contribution in [0.1, 0.15) is 29.1 Å². The zero-order valence-electron chi connectivity index (χ0n) is 13.8. The number of amides is 1. The molecule has 124 valence electrons. The quantitative estimate of drug-likeness (QED) is 0.755. The fourth-order valence-corrected chi connectivity index (χ4v) is 3.30. The first-order valence-electron chi connectivity index (χ1n) is 7.95. The molecule has 2 aromatic carbocycles. The van der Waals surface area contributed by atoms with Crippen molar-refractivity contribution in [1.29, 1.82) is 5.26 Å². The Hall–Kier alpha value is -2.97. The number of nitrogens with one attached hydrogen (secondary N) is 1. The molecular formula is C20H17N3OS. The Morgan fingerprint density at radius 1 is 1.20 bits per heavy atom. The Labute approximate surface area is 150 Å². The van der Waals surface area contributed by atoms with Gasteiger partial charge in [-0.1, -0.05) is 42.5 Å². The van der Waals surface area contributed by atoms with Crippen LogP contribution >= 0.6 is 11.3 Å². The van der Waals surface area contributed by atoms with Gasteiger partial charge < -0.3 is 5.32 Å². The zero-order chi connectivity index (χ0) is 17.6. The van der Waals surface area contributed by atoms with Crippen molar-refractivity contribution >= 4 is 17.2 Å². The fraction of sp³-hybridized carbons (Fsp3) is 0.150. The van der Waals surface area contributed by atoms with E-state index < -0.39 is 0 Å². The zero-order valence-corrected chi connectivity index (χ0v) is 14.6. The van der Waals surface area contributed by atoms with E-state index in [0.29, 0.717) is 5.56 Å². The number of rotatable bonds is 5. The Balaban J connectivity index is 1.61. The maximum atomic E-state index is 12.2. The number of carbonyl (C=O) groups excluding carboxylic acids is 1. The maximum absolute atomic E-state index is 12.2. The van der Waals surface area contributed by atoms with Crippen LogP contribution in [-0.4, -0.2) is 10.9 Å². The summed E-state index contributed by atoms with van der Waals surface area (Å²) >= 11 is 1.54. The van der Waals surface area contributed by atoms with E-state index in [1.165, 1.54) is 0 Å². The number of aromatic nitrogens is 1. The molecule has 0 saturated carbocycles. The molecule has 0 saturated heterocycles. The van der Waals surface area contributed by atoms with Gasteiger partial charge in [-0.2, -0.15) is 5.26 Å². The number of hydrogen-bond acceptors (Lipinski definition) is 4. The first-order valence-corrected chi connectivity index (χ1v) is 8.83. The molecule has 1 amide bonds. The SMILES string of the molecule is C[C@H](NC(=O)Cc1ccc(C#N)cc1)c1nc(-c2ccccc2)cs1. The summed E-state index contributed by atoms with van der Waals surface area (Å²) in [4.78, 5) is 16.9. The van der Waals surface area contributed by atoms with E-state index in [0.717, 1.165) is 21.8 Å². The number of thiazole rings is 1. The van der Waals surface area contributed by atoms with Crippen LogP contribution in [0.3, 0.4) is 0 Å². The minimum atomic E-state index is -0.145. The summed E-state index contributed by atoms with van der Waals surface area (Å²) in [7, 11) is 0. The number of carbonyl (C=O) groups is 1. The van der Waals surface area contributed by atoms with Crippen molar-refractivity contribution in [2.75, 3.05) is 0 Å². The summed E-state index contributed by atoms with van der Waals surface area (Å²) in [6.07, 6.45) is 0.285. The lowest BCUT2D eigenvalue weighted by molar-refractivity contribution is -0.121. The van der Waals surface area contributed by atoms with Gasteiger partial charge in [-0.25, -0.2) is 4.98 Å². The standard InChI is InChI=1S/C20H17N3OS/c1-14(20-23-18(13-25-20)17-5-3-2-4-6-17)22-19(24)11-15-7-9-16(12-21)10-8-15/h2-10,13-14H,11H2,1H3,(H,22,24)/t14-/m0/s1. The highest BCUT2D eigenvalue weighted by Gasteiger charge is 2.14. The van der Waals surface area contributed by atoms with E-state index in [9.17, 15) is 4.79 Å². The van der Waals surface area contributed by atoms with Gasteiger partial charge in [0, 0.05) is 10.9 Å². The van der Waals surface area contributed by atoms with Gasteiger partial charge in [-0.05, 0) is 24.6 Å². The first-order chi connectivity index (χ1) is 12.2. The van der Waals surface area contributed by atoms with E-state index in [1.807, 2.05) is 42.6 Å². The van der Waals surface area contributed by atoms with Gasteiger partial charge in [0.1, 0.15) is 5.01 Å². The number of benzene rings is 2. The van der Waals surface area contributed by atoms with Crippen molar-refractivity contribution in [1.82, 2.24) is 10.3 Å². The summed E-state index contributed by atoms with van der Waals surface area (Å²) in [5, 5.41) is 14.7. The van der Waals surface area contributed by atoms with Crippen LogP contribution in [0.2, 0.25) is 0 Å². The van der Waals surface area contributed by atoms with Crippen molar-refractivity contribution in [3.05, 3.63) is 76.1 Å². The lowest BCUT2D eigenvalue weighted by Crippen LogP contribution is -2.28. The molecular weight excluding hydrogens is 330 g/mol. The van der Waals surface area contributed by atoms with Crippen molar-refractivity contribution in [2.45, 2.75) is 19.4 Å². The molecule has 25 heavy (non-hydrogen) atoms. The van der Waals surface area contributed by atoms with E-state index in [4.69, 9.17) is 5.26 Å². The minimum absolute atomic E-state index is 0.0614. The first kappa shape index (κ1) is 16.9. The maximum Gasteiger partial charge on any atom is 0.224 e. The Kier molecular flexibility index (Phi) is 5.22. The second-order valence-corrected chi connectivity index (χ2v) is 6.60.